The minimum atomic E-state index is -0.366. The molecule has 7 heteroatoms. The van der Waals surface area contributed by atoms with Gasteiger partial charge in [-0.15, -0.1) is 11.8 Å². The van der Waals surface area contributed by atoms with E-state index in [2.05, 4.69) is 5.32 Å². The lowest BCUT2D eigenvalue weighted by molar-refractivity contribution is -0.143. The molecule has 3 aliphatic rings. The van der Waals surface area contributed by atoms with Crippen LogP contribution >= 0.6 is 11.8 Å². The van der Waals surface area contributed by atoms with Crippen LogP contribution in [0.25, 0.3) is 0 Å². The zero-order valence-corrected chi connectivity index (χ0v) is 16.1. The molecule has 5 nitrogen and oxygen atoms in total. The molecule has 0 bridgehead atoms. The summed E-state index contributed by atoms with van der Waals surface area (Å²) in [6, 6.07) is 5.99. The van der Waals surface area contributed by atoms with Crippen molar-refractivity contribution in [2.75, 3.05) is 24.8 Å². The SMILES string of the molecule is O=C(NC[C@@H]1CCO[C@H]1c1ccc(F)cc1)C1CSCN1C(=O)C1CCC1. The molecule has 1 unspecified atom stereocenters. The van der Waals surface area contributed by atoms with Crippen LogP contribution < -0.4 is 5.32 Å². The molecule has 1 N–H and O–H groups in total. The maximum Gasteiger partial charge on any atom is 0.243 e. The Labute approximate surface area is 163 Å². The van der Waals surface area contributed by atoms with E-state index in [9.17, 15) is 14.0 Å². The Hall–Kier alpha value is -1.60. The number of thioether (sulfide) groups is 1. The number of hydrogen-bond donors (Lipinski definition) is 1. The molecule has 1 saturated carbocycles. The Bertz CT molecular complexity index is 695. The van der Waals surface area contributed by atoms with Crippen molar-refractivity contribution < 1.29 is 18.7 Å². The molecule has 4 rings (SSSR count). The largest absolute Gasteiger partial charge is 0.373 e. The van der Waals surface area contributed by atoms with Crippen molar-refractivity contribution in [1.29, 1.82) is 0 Å². The highest BCUT2D eigenvalue weighted by Gasteiger charge is 2.39. The zero-order valence-electron chi connectivity index (χ0n) is 15.2. The van der Waals surface area contributed by atoms with Gasteiger partial charge in [0, 0.05) is 30.7 Å². The normalized spacial score (nSPS) is 28.2. The van der Waals surface area contributed by atoms with Gasteiger partial charge in [-0.25, -0.2) is 4.39 Å². The van der Waals surface area contributed by atoms with Gasteiger partial charge in [0.05, 0.1) is 12.0 Å². The first-order chi connectivity index (χ1) is 13.1. The van der Waals surface area contributed by atoms with Gasteiger partial charge in [0.25, 0.3) is 0 Å². The summed E-state index contributed by atoms with van der Waals surface area (Å²) >= 11 is 1.64. The Morgan fingerprint density at radius 2 is 2.00 bits per heavy atom. The van der Waals surface area contributed by atoms with Crippen LogP contribution in [-0.2, 0) is 14.3 Å². The van der Waals surface area contributed by atoms with Gasteiger partial charge in [-0.3, -0.25) is 9.59 Å². The van der Waals surface area contributed by atoms with E-state index >= 15 is 0 Å². The van der Waals surface area contributed by atoms with E-state index in [1.807, 2.05) is 0 Å². The van der Waals surface area contributed by atoms with E-state index in [0.29, 0.717) is 24.8 Å². The Balaban J connectivity index is 1.34. The van der Waals surface area contributed by atoms with Gasteiger partial charge >= 0.3 is 0 Å². The molecule has 3 fully saturated rings. The zero-order chi connectivity index (χ0) is 18.8. The highest BCUT2D eigenvalue weighted by molar-refractivity contribution is 7.99. The fourth-order valence-electron chi connectivity index (χ4n) is 3.98. The number of carbonyl (C=O) groups is 2. The summed E-state index contributed by atoms with van der Waals surface area (Å²) < 4.78 is 19.0. The lowest BCUT2D eigenvalue weighted by Crippen LogP contribution is -2.50. The molecular formula is C20H25FN2O3S. The third kappa shape index (κ3) is 3.99. The van der Waals surface area contributed by atoms with Crippen molar-refractivity contribution in [1.82, 2.24) is 10.2 Å². The molecule has 0 aromatic heterocycles. The molecule has 1 aliphatic carbocycles. The molecular weight excluding hydrogens is 367 g/mol. The summed E-state index contributed by atoms with van der Waals surface area (Å²) in [7, 11) is 0. The number of nitrogens with zero attached hydrogens (tertiary/aromatic N) is 1. The standard InChI is InChI=1S/C20H25FN2O3S/c21-16-6-4-13(5-7-16)18-15(8-9-26-18)10-22-19(24)17-11-27-12-23(17)20(25)14-2-1-3-14/h4-7,14-15,17-18H,1-3,8-12H2,(H,22,24)/t15-,17?,18-/m0/s1. The number of amides is 2. The maximum atomic E-state index is 13.2. The average molecular weight is 392 g/mol. The van der Waals surface area contributed by atoms with Crippen LogP contribution in [-0.4, -0.2) is 47.5 Å². The van der Waals surface area contributed by atoms with E-state index in [0.717, 1.165) is 31.2 Å². The van der Waals surface area contributed by atoms with Gasteiger partial charge in [-0.1, -0.05) is 18.6 Å². The van der Waals surface area contributed by atoms with Gasteiger partial charge < -0.3 is 15.0 Å². The van der Waals surface area contributed by atoms with E-state index in [4.69, 9.17) is 4.74 Å². The van der Waals surface area contributed by atoms with Crippen LogP contribution in [0.2, 0.25) is 0 Å². The number of carbonyl (C=O) groups excluding carboxylic acids is 2. The van der Waals surface area contributed by atoms with E-state index in [1.165, 1.54) is 12.1 Å². The Kier molecular flexibility index (Phi) is 5.68. The number of nitrogens with one attached hydrogen (secondary N) is 1. The molecule has 1 aromatic rings. The fourth-order valence-corrected chi connectivity index (χ4v) is 5.14. The summed E-state index contributed by atoms with van der Waals surface area (Å²) in [6.07, 6.45) is 3.74. The van der Waals surface area contributed by atoms with Gasteiger partial charge in [-0.05, 0) is 37.0 Å². The van der Waals surface area contributed by atoms with E-state index in [1.54, 1.807) is 28.8 Å². The van der Waals surface area contributed by atoms with Crippen LogP contribution in [0, 0.1) is 17.7 Å². The van der Waals surface area contributed by atoms with Crippen LogP contribution in [0.4, 0.5) is 4.39 Å². The maximum absolute atomic E-state index is 13.2. The summed E-state index contributed by atoms with van der Waals surface area (Å²) in [4.78, 5) is 27.0. The minimum Gasteiger partial charge on any atom is -0.373 e. The molecule has 0 spiro atoms. The quantitative estimate of drug-likeness (QED) is 0.837. The van der Waals surface area contributed by atoms with Crippen molar-refractivity contribution >= 4 is 23.6 Å². The van der Waals surface area contributed by atoms with Crippen molar-refractivity contribution in [2.24, 2.45) is 11.8 Å². The van der Waals surface area contributed by atoms with Crippen molar-refractivity contribution in [3.63, 3.8) is 0 Å². The number of benzene rings is 1. The molecule has 27 heavy (non-hydrogen) atoms. The van der Waals surface area contributed by atoms with Crippen LogP contribution in [0.1, 0.15) is 37.4 Å². The second kappa shape index (κ2) is 8.19. The molecule has 2 heterocycles. The predicted octanol–water partition coefficient (Wildman–Crippen LogP) is 2.72. The van der Waals surface area contributed by atoms with Gasteiger partial charge in [0.15, 0.2) is 0 Å². The minimum absolute atomic E-state index is 0.0718. The van der Waals surface area contributed by atoms with Crippen LogP contribution in [0.15, 0.2) is 24.3 Å². The molecule has 1 aromatic carbocycles. The monoisotopic (exact) mass is 392 g/mol. The van der Waals surface area contributed by atoms with Crippen molar-refractivity contribution in [3.05, 3.63) is 35.6 Å². The third-order valence-electron chi connectivity index (χ3n) is 5.87. The van der Waals surface area contributed by atoms with Gasteiger partial charge in [-0.2, -0.15) is 0 Å². The van der Waals surface area contributed by atoms with Crippen LogP contribution in [0.5, 0.6) is 0 Å². The lowest BCUT2D eigenvalue weighted by atomic mass is 9.84. The molecule has 2 saturated heterocycles. The first-order valence-electron chi connectivity index (χ1n) is 9.66. The number of ether oxygens (including phenoxy) is 1. The number of hydrogen-bond acceptors (Lipinski definition) is 4. The van der Waals surface area contributed by atoms with Crippen molar-refractivity contribution in [3.8, 4) is 0 Å². The van der Waals surface area contributed by atoms with Crippen molar-refractivity contribution in [2.45, 2.75) is 37.8 Å². The molecule has 3 atom stereocenters. The first kappa shape index (κ1) is 18.7. The third-order valence-corrected chi connectivity index (χ3v) is 6.89. The number of rotatable bonds is 5. The Morgan fingerprint density at radius 3 is 2.70 bits per heavy atom. The fraction of sp³-hybridized carbons (Fsp3) is 0.600. The highest BCUT2D eigenvalue weighted by Crippen LogP contribution is 2.35. The second-order valence-electron chi connectivity index (χ2n) is 7.59. The smallest absolute Gasteiger partial charge is 0.243 e. The van der Waals surface area contributed by atoms with Gasteiger partial charge in [0.2, 0.25) is 11.8 Å². The highest BCUT2D eigenvalue weighted by atomic mass is 32.2. The summed E-state index contributed by atoms with van der Waals surface area (Å²) in [5, 5.41) is 3.04. The average Bonchev–Trinajstić information content (AvgIpc) is 3.28. The lowest BCUT2D eigenvalue weighted by Gasteiger charge is -2.31. The summed E-state index contributed by atoms with van der Waals surface area (Å²) in [5.41, 5.74) is 0.936. The first-order valence-corrected chi connectivity index (χ1v) is 10.8. The Morgan fingerprint density at radius 1 is 1.22 bits per heavy atom. The summed E-state index contributed by atoms with van der Waals surface area (Å²) in [6.45, 7) is 1.14. The summed E-state index contributed by atoms with van der Waals surface area (Å²) in [5.74, 6) is 1.34. The predicted molar refractivity (Wildman–Crippen MR) is 102 cm³/mol. The molecule has 0 radical (unpaired) electrons. The van der Waals surface area contributed by atoms with E-state index < -0.39 is 0 Å². The van der Waals surface area contributed by atoms with Crippen LogP contribution in [0.3, 0.4) is 0 Å². The van der Waals surface area contributed by atoms with Gasteiger partial charge in [0.1, 0.15) is 11.9 Å². The van der Waals surface area contributed by atoms with E-state index in [-0.39, 0.29) is 41.6 Å². The molecule has 2 aliphatic heterocycles. The molecule has 2 amide bonds. The topological polar surface area (TPSA) is 58.6 Å². The number of halogens is 1. The second-order valence-corrected chi connectivity index (χ2v) is 8.59. The molecule has 146 valence electrons.